The van der Waals surface area contributed by atoms with Crippen LogP contribution in [0.2, 0.25) is 5.15 Å². The molecule has 5 heteroatoms. The molecule has 2 aromatic rings. The van der Waals surface area contributed by atoms with Gasteiger partial charge in [0.15, 0.2) is 6.10 Å². The van der Waals surface area contributed by atoms with E-state index in [1.807, 2.05) is 30.3 Å². The highest BCUT2D eigenvalue weighted by Crippen LogP contribution is 2.18. The number of rotatable bonds is 4. The van der Waals surface area contributed by atoms with Crippen molar-refractivity contribution in [3.8, 4) is 0 Å². The maximum atomic E-state index is 12.1. The molecule has 0 aliphatic heterocycles. The fourth-order valence-corrected chi connectivity index (χ4v) is 1.86. The minimum Gasteiger partial charge on any atom is -0.367 e. The monoisotopic (exact) mass is 276 g/mol. The average Bonchev–Trinajstić information content (AvgIpc) is 2.41. The molecule has 1 amide bonds. The Morgan fingerprint density at radius 1 is 1.21 bits per heavy atom. The molecule has 98 valence electrons. The first kappa shape index (κ1) is 13.5. The molecule has 2 rings (SSSR count). The van der Waals surface area contributed by atoms with Crippen LogP contribution in [0.1, 0.15) is 11.7 Å². The van der Waals surface area contributed by atoms with E-state index in [1.165, 1.54) is 7.11 Å². The molecule has 0 aliphatic carbocycles. The Hall–Kier alpha value is -1.91. The number of nitrogens with zero attached hydrogens (tertiary/aromatic N) is 1. The number of aromatic nitrogens is 1. The second-order valence-electron chi connectivity index (χ2n) is 3.86. The number of anilines is 1. The Morgan fingerprint density at radius 2 is 1.95 bits per heavy atom. The van der Waals surface area contributed by atoms with Gasteiger partial charge in [0.05, 0.1) is 0 Å². The summed E-state index contributed by atoms with van der Waals surface area (Å²) < 4.78 is 5.23. The van der Waals surface area contributed by atoms with Gasteiger partial charge in [-0.2, -0.15) is 0 Å². The fourth-order valence-electron chi connectivity index (χ4n) is 1.69. The van der Waals surface area contributed by atoms with Crippen LogP contribution in [0.4, 0.5) is 5.82 Å². The van der Waals surface area contributed by atoms with E-state index >= 15 is 0 Å². The highest BCUT2D eigenvalue weighted by atomic mass is 35.5. The SMILES string of the molecule is COC(C(=O)Nc1cccc(Cl)n1)c1ccccc1. The lowest BCUT2D eigenvalue weighted by molar-refractivity contribution is -0.126. The normalized spacial score (nSPS) is 11.9. The highest BCUT2D eigenvalue weighted by Gasteiger charge is 2.20. The van der Waals surface area contributed by atoms with E-state index in [0.29, 0.717) is 11.0 Å². The topological polar surface area (TPSA) is 51.2 Å². The van der Waals surface area contributed by atoms with Crippen molar-refractivity contribution >= 4 is 23.3 Å². The molecule has 0 aliphatic rings. The van der Waals surface area contributed by atoms with Gasteiger partial charge in [0.25, 0.3) is 5.91 Å². The predicted octanol–water partition coefficient (Wildman–Crippen LogP) is 3.06. The number of amides is 1. The molecular weight excluding hydrogens is 264 g/mol. The van der Waals surface area contributed by atoms with E-state index in [2.05, 4.69) is 10.3 Å². The second-order valence-corrected chi connectivity index (χ2v) is 4.25. The summed E-state index contributed by atoms with van der Waals surface area (Å²) in [6.07, 6.45) is -0.679. The Bertz CT molecular complexity index is 560. The quantitative estimate of drug-likeness (QED) is 0.873. The molecule has 0 spiro atoms. The van der Waals surface area contributed by atoms with Gasteiger partial charge < -0.3 is 10.1 Å². The fraction of sp³-hybridized carbons (Fsp3) is 0.143. The second kappa shape index (κ2) is 6.31. The van der Waals surface area contributed by atoms with Crippen molar-refractivity contribution in [2.24, 2.45) is 0 Å². The van der Waals surface area contributed by atoms with Crippen LogP contribution in [0.25, 0.3) is 0 Å². The van der Waals surface area contributed by atoms with Gasteiger partial charge in [0, 0.05) is 7.11 Å². The number of hydrogen-bond donors (Lipinski definition) is 1. The van der Waals surface area contributed by atoms with Crippen molar-refractivity contribution in [3.63, 3.8) is 0 Å². The van der Waals surface area contributed by atoms with Crippen LogP contribution in [0.5, 0.6) is 0 Å². The number of carbonyl (C=O) groups excluding carboxylic acids is 1. The van der Waals surface area contributed by atoms with E-state index in [-0.39, 0.29) is 5.91 Å². The molecule has 4 nitrogen and oxygen atoms in total. The molecule has 1 aromatic carbocycles. The van der Waals surface area contributed by atoms with Gasteiger partial charge in [-0.25, -0.2) is 4.98 Å². The molecule has 0 saturated heterocycles. The molecule has 1 heterocycles. The van der Waals surface area contributed by atoms with Gasteiger partial charge in [0.1, 0.15) is 11.0 Å². The van der Waals surface area contributed by atoms with E-state index in [4.69, 9.17) is 16.3 Å². The Morgan fingerprint density at radius 3 is 2.58 bits per heavy atom. The maximum absolute atomic E-state index is 12.1. The first-order valence-electron chi connectivity index (χ1n) is 5.72. The van der Waals surface area contributed by atoms with Gasteiger partial charge in [0.2, 0.25) is 0 Å². The van der Waals surface area contributed by atoms with Crippen LogP contribution in [-0.2, 0) is 9.53 Å². The first-order valence-corrected chi connectivity index (χ1v) is 6.09. The number of methoxy groups -OCH3 is 1. The van der Waals surface area contributed by atoms with E-state index < -0.39 is 6.10 Å². The largest absolute Gasteiger partial charge is 0.367 e. The zero-order valence-corrected chi connectivity index (χ0v) is 11.1. The third-order valence-electron chi connectivity index (χ3n) is 2.54. The Balaban J connectivity index is 2.14. The van der Waals surface area contributed by atoms with E-state index in [0.717, 1.165) is 5.56 Å². The van der Waals surface area contributed by atoms with E-state index in [1.54, 1.807) is 18.2 Å². The number of hydrogen-bond acceptors (Lipinski definition) is 3. The minimum atomic E-state index is -0.679. The molecule has 0 saturated carbocycles. The number of halogens is 1. The molecule has 1 N–H and O–H groups in total. The zero-order valence-electron chi connectivity index (χ0n) is 10.3. The van der Waals surface area contributed by atoms with Crippen LogP contribution in [-0.4, -0.2) is 18.0 Å². The molecule has 1 aromatic heterocycles. The summed E-state index contributed by atoms with van der Waals surface area (Å²) >= 11 is 5.77. The summed E-state index contributed by atoms with van der Waals surface area (Å²) in [4.78, 5) is 16.1. The van der Waals surface area contributed by atoms with Crippen LogP contribution in [0.15, 0.2) is 48.5 Å². The summed E-state index contributed by atoms with van der Waals surface area (Å²) in [7, 11) is 1.49. The van der Waals surface area contributed by atoms with Crippen molar-refractivity contribution in [2.75, 3.05) is 12.4 Å². The standard InChI is InChI=1S/C14H13ClN2O2/c1-19-13(10-6-3-2-4-7-10)14(18)17-12-9-5-8-11(15)16-12/h2-9,13H,1H3,(H,16,17,18). The third kappa shape index (κ3) is 3.53. The van der Waals surface area contributed by atoms with Gasteiger partial charge in [-0.15, -0.1) is 0 Å². The number of nitrogens with one attached hydrogen (secondary N) is 1. The number of ether oxygens (including phenoxy) is 1. The lowest BCUT2D eigenvalue weighted by Gasteiger charge is -2.15. The zero-order chi connectivity index (χ0) is 13.7. The number of carbonyl (C=O) groups is 1. The van der Waals surface area contributed by atoms with Crippen LogP contribution in [0.3, 0.4) is 0 Å². The Kier molecular flexibility index (Phi) is 4.49. The smallest absolute Gasteiger partial charge is 0.259 e. The van der Waals surface area contributed by atoms with Crippen molar-refractivity contribution < 1.29 is 9.53 Å². The first-order chi connectivity index (χ1) is 9.20. The lowest BCUT2D eigenvalue weighted by Crippen LogP contribution is -2.23. The van der Waals surface area contributed by atoms with Crippen LogP contribution in [0, 0.1) is 0 Å². The van der Waals surface area contributed by atoms with Crippen molar-refractivity contribution in [1.82, 2.24) is 4.98 Å². The Labute approximate surface area is 116 Å². The number of benzene rings is 1. The third-order valence-corrected chi connectivity index (χ3v) is 2.75. The van der Waals surface area contributed by atoms with Gasteiger partial charge >= 0.3 is 0 Å². The van der Waals surface area contributed by atoms with E-state index in [9.17, 15) is 4.79 Å². The summed E-state index contributed by atoms with van der Waals surface area (Å²) in [5.41, 5.74) is 0.782. The lowest BCUT2D eigenvalue weighted by atomic mass is 10.1. The van der Waals surface area contributed by atoms with Crippen LogP contribution >= 0.6 is 11.6 Å². The van der Waals surface area contributed by atoms with Crippen molar-refractivity contribution in [1.29, 1.82) is 0 Å². The summed E-state index contributed by atoms with van der Waals surface area (Å²) in [6, 6.07) is 14.3. The molecule has 1 unspecified atom stereocenters. The van der Waals surface area contributed by atoms with Gasteiger partial charge in [-0.05, 0) is 17.7 Å². The molecule has 19 heavy (non-hydrogen) atoms. The summed E-state index contributed by atoms with van der Waals surface area (Å²) in [5.74, 6) is 0.110. The number of pyridine rings is 1. The van der Waals surface area contributed by atoms with Crippen molar-refractivity contribution in [3.05, 3.63) is 59.2 Å². The molecule has 0 fully saturated rings. The highest BCUT2D eigenvalue weighted by molar-refractivity contribution is 6.29. The van der Waals surface area contributed by atoms with Crippen LogP contribution < -0.4 is 5.32 Å². The molecule has 0 bridgehead atoms. The summed E-state index contributed by atoms with van der Waals surface area (Å²) in [5, 5.41) is 3.00. The summed E-state index contributed by atoms with van der Waals surface area (Å²) in [6.45, 7) is 0. The molecule has 1 atom stereocenters. The molecular formula is C14H13ClN2O2. The van der Waals surface area contributed by atoms with Gasteiger partial charge in [-0.1, -0.05) is 48.0 Å². The predicted molar refractivity (Wildman–Crippen MR) is 74.1 cm³/mol. The minimum absolute atomic E-state index is 0.288. The average molecular weight is 277 g/mol. The molecule has 0 radical (unpaired) electrons. The maximum Gasteiger partial charge on any atom is 0.259 e. The van der Waals surface area contributed by atoms with Crippen molar-refractivity contribution in [2.45, 2.75) is 6.10 Å². The van der Waals surface area contributed by atoms with Gasteiger partial charge in [-0.3, -0.25) is 4.79 Å².